The predicted octanol–water partition coefficient (Wildman–Crippen LogP) is 8.25. The molecule has 0 spiro atoms. The Morgan fingerprint density at radius 3 is 2.48 bits per heavy atom. The first-order valence-electron chi connectivity index (χ1n) is 11.3. The van der Waals surface area contributed by atoms with Crippen LogP contribution in [0.5, 0.6) is 5.75 Å². The molecule has 0 aromatic heterocycles. The lowest BCUT2D eigenvalue weighted by Gasteiger charge is -2.35. The summed E-state index contributed by atoms with van der Waals surface area (Å²) >= 11 is 0. The van der Waals surface area contributed by atoms with E-state index in [1.54, 1.807) is 18.2 Å². The minimum atomic E-state index is -2.83. The van der Waals surface area contributed by atoms with Gasteiger partial charge in [0.25, 0.3) is 0 Å². The van der Waals surface area contributed by atoms with Crippen molar-refractivity contribution in [3.8, 4) is 5.75 Å². The molecule has 0 saturated heterocycles. The lowest BCUT2D eigenvalue weighted by atomic mass is 9.69. The maximum absolute atomic E-state index is 14.0. The van der Waals surface area contributed by atoms with Crippen molar-refractivity contribution >= 4 is 10.8 Å². The van der Waals surface area contributed by atoms with Crippen LogP contribution in [0, 0.1) is 11.7 Å². The lowest BCUT2D eigenvalue weighted by molar-refractivity contribution is -0.0498. The van der Waals surface area contributed by atoms with E-state index in [1.807, 2.05) is 18.2 Å². The number of ether oxygens (including phenoxy) is 1. The molecule has 3 aromatic carbocycles. The standard InChI is InChI=1S/C27H29F3O/c1-2-3-4-5-6-19-11-15-23-24(16-10-18-7-12-21(28)17-25(18)23)26(19)20-8-13-22(14-9-20)31-27(29)30/h7-10,12-14,16-17,19,26-27H,2-6,11,15H2,1H3/t19-,26-/m1/s1. The third kappa shape index (κ3) is 4.89. The van der Waals surface area contributed by atoms with Gasteiger partial charge in [0.05, 0.1) is 0 Å². The van der Waals surface area contributed by atoms with Crippen LogP contribution in [-0.4, -0.2) is 6.61 Å². The molecule has 0 heterocycles. The van der Waals surface area contributed by atoms with Gasteiger partial charge < -0.3 is 4.74 Å². The molecule has 0 saturated carbocycles. The molecule has 4 rings (SSSR count). The van der Waals surface area contributed by atoms with Crippen LogP contribution in [0.4, 0.5) is 13.2 Å². The van der Waals surface area contributed by atoms with Gasteiger partial charge in [-0.3, -0.25) is 0 Å². The summed E-state index contributed by atoms with van der Waals surface area (Å²) in [6, 6.07) is 16.3. The molecular formula is C27H29F3O. The van der Waals surface area contributed by atoms with Gasteiger partial charge in [-0.2, -0.15) is 8.78 Å². The van der Waals surface area contributed by atoms with Gasteiger partial charge >= 0.3 is 6.61 Å². The zero-order valence-electron chi connectivity index (χ0n) is 17.9. The fourth-order valence-electron chi connectivity index (χ4n) is 5.14. The van der Waals surface area contributed by atoms with Gasteiger partial charge in [0.2, 0.25) is 0 Å². The summed E-state index contributed by atoms with van der Waals surface area (Å²) < 4.78 is 43.7. The van der Waals surface area contributed by atoms with Gasteiger partial charge in [0, 0.05) is 5.92 Å². The number of aryl methyl sites for hydroxylation is 1. The largest absolute Gasteiger partial charge is 0.435 e. The Hall–Kier alpha value is -2.49. The molecule has 1 aliphatic rings. The third-order valence-corrected chi connectivity index (χ3v) is 6.60. The van der Waals surface area contributed by atoms with E-state index >= 15 is 0 Å². The van der Waals surface area contributed by atoms with Gasteiger partial charge in [-0.25, -0.2) is 4.39 Å². The normalized spacial score (nSPS) is 18.4. The van der Waals surface area contributed by atoms with Crippen molar-refractivity contribution in [2.75, 3.05) is 0 Å². The van der Waals surface area contributed by atoms with Gasteiger partial charge in [-0.05, 0) is 76.9 Å². The zero-order valence-corrected chi connectivity index (χ0v) is 17.9. The van der Waals surface area contributed by atoms with Gasteiger partial charge in [0.15, 0.2) is 0 Å². The molecular weight excluding hydrogens is 397 g/mol. The molecule has 2 atom stereocenters. The van der Waals surface area contributed by atoms with E-state index < -0.39 is 6.61 Å². The van der Waals surface area contributed by atoms with Crippen molar-refractivity contribution in [1.29, 1.82) is 0 Å². The van der Waals surface area contributed by atoms with Crippen LogP contribution >= 0.6 is 0 Å². The zero-order chi connectivity index (χ0) is 21.8. The fraction of sp³-hybridized carbons (Fsp3) is 0.407. The lowest BCUT2D eigenvalue weighted by Crippen LogP contribution is -2.22. The SMILES string of the molecule is CCCCCC[C@@H]1CCc2c(ccc3ccc(F)cc23)[C@H]1c1ccc(OC(F)F)cc1. The molecule has 4 heteroatoms. The summed E-state index contributed by atoms with van der Waals surface area (Å²) in [4.78, 5) is 0. The number of hydrogen-bond acceptors (Lipinski definition) is 1. The monoisotopic (exact) mass is 426 g/mol. The van der Waals surface area contributed by atoms with E-state index in [4.69, 9.17) is 0 Å². The number of fused-ring (bicyclic) bond motifs is 3. The highest BCUT2D eigenvalue weighted by Gasteiger charge is 2.31. The number of unbranched alkanes of at least 4 members (excludes halogenated alkanes) is 3. The molecule has 0 amide bonds. The average Bonchev–Trinajstić information content (AvgIpc) is 2.76. The van der Waals surface area contributed by atoms with Crippen LogP contribution in [0.1, 0.15) is 68.1 Å². The molecule has 3 aromatic rings. The Morgan fingerprint density at radius 1 is 0.968 bits per heavy atom. The number of rotatable bonds is 8. The molecule has 0 fully saturated rings. The smallest absolute Gasteiger partial charge is 0.387 e. The van der Waals surface area contributed by atoms with Gasteiger partial charge in [0.1, 0.15) is 11.6 Å². The van der Waals surface area contributed by atoms with E-state index in [2.05, 4.69) is 23.8 Å². The highest BCUT2D eigenvalue weighted by molar-refractivity contribution is 5.87. The van der Waals surface area contributed by atoms with Crippen molar-refractivity contribution in [2.45, 2.75) is 64.4 Å². The van der Waals surface area contributed by atoms with Crippen molar-refractivity contribution in [1.82, 2.24) is 0 Å². The first-order valence-corrected chi connectivity index (χ1v) is 11.3. The summed E-state index contributed by atoms with van der Waals surface area (Å²) in [6.07, 6.45) is 8.01. The Bertz CT molecular complexity index is 1010. The van der Waals surface area contributed by atoms with Crippen molar-refractivity contribution in [3.05, 3.63) is 77.1 Å². The van der Waals surface area contributed by atoms with Crippen molar-refractivity contribution in [2.24, 2.45) is 5.92 Å². The Morgan fingerprint density at radius 2 is 1.74 bits per heavy atom. The number of alkyl halides is 2. The third-order valence-electron chi connectivity index (χ3n) is 6.60. The van der Waals surface area contributed by atoms with Gasteiger partial charge in [-0.1, -0.05) is 62.9 Å². The van der Waals surface area contributed by atoms with Crippen LogP contribution < -0.4 is 4.74 Å². The second-order valence-corrected chi connectivity index (χ2v) is 8.57. The Balaban J connectivity index is 1.71. The molecule has 0 bridgehead atoms. The van der Waals surface area contributed by atoms with E-state index in [0.29, 0.717) is 5.92 Å². The van der Waals surface area contributed by atoms with Crippen molar-refractivity contribution in [3.63, 3.8) is 0 Å². The molecule has 0 N–H and O–H groups in total. The topological polar surface area (TPSA) is 9.23 Å². The second kappa shape index (κ2) is 9.76. The van der Waals surface area contributed by atoms with Crippen LogP contribution in [0.2, 0.25) is 0 Å². The summed E-state index contributed by atoms with van der Waals surface area (Å²) in [5.74, 6) is 0.623. The molecule has 1 nitrogen and oxygen atoms in total. The maximum Gasteiger partial charge on any atom is 0.387 e. The maximum atomic E-state index is 14.0. The molecule has 31 heavy (non-hydrogen) atoms. The molecule has 1 aliphatic carbocycles. The quantitative estimate of drug-likeness (QED) is 0.330. The summed E-state index contributed by atoms with van der Waals surface area (Å²) in [7, 11) is 0. The minimum absolute atomic E-state index is 0.176. The Labute approximate surface area is 182 Å². The van der Waals surface area contributed by atoms with Gasteiger partial charge in [-0.15, -0.1) is 0 Å². The number of halogens is 3. The minimum Gasteiger partial charge on any atom is -0.435 e. The van der Waals surface area contributed by atoms with Crippen LogP contribution in [-0.2, 0) is 6.42 Å². The molecule has 0 unspecified atom stereocenters. The first kappa shape index (κ1) is 21.7. The average molecular weight is 427 g/mol. The number of hydrogen-bond donors (Lipinski definition) is 0. The summed E-state index contributed by atoms with van der Waals surface area (Å²) in [5.41, 5.74) is 3.57. The van der Waals surface area contributed by atoms with E-state index in [0.717, 1.165) is 35.6 Å². The highest BCUT2D eigenvalue weighted by Crippen LogP contribution is 2.45. The van der Waals surface area contributed by atoms with E-state index in [1.165, 1.54) is 42.9 Å². The predicted molar refractivity (Wildman–Crippen MR) is 119 cm³/mol. The summed E-state index contributed by atoms with van der Waals surface area (Å²) in [5, 5.41) is 2.05. The fourth-order valence-corrected chi connectivity index (χ4v) is 5.14. The van der Waals surface area contributed by atoms with E-state index in [-0.39, 0.29) is 17.5 Å². The highest BCUT2D eigenvalue weighted by atomic mass is 19.3. The van der Waals surface area contributed by atoms with Crippen LogP contribution in [0.3, 0.4) is 0 Å². The van der Waals surface area contributed by atoms with Crippen LogP contribution in [0.25, 0.3) is 10.8 Å². The number of benzene rings is 3. The molecule has 0 radical (unpaired) electrons. The van der Waals surface area contributed by atoms with Crippen LogP contribution in [0.15, 0.2) is 54.6 Å². The second-order valence-electron chi connectivity index (χ2n) is 8.57. The summed E-state index contributed by atoms with van der Waals surface area (Å²) in [6.45, 7) is -0.610. The molecule has 164 valence electrons. The molecule has 0 aliphatic heterocycles. The Kier molecular flexibility index (Phi) is 6.84. The van der Waals surface area contributed by atoms with Crippen molar-refractivity contribution < 1.29 is 17.9 Å². The van der Waals surface area contributed by atoms with E-state index in [9.17, 15) is 13.2 Å². The first-order chi connectivity index (χ1) is 15.1.